The van der Waals surface area contributed by atoms with Gasteiger partial charge in [-0.15, -0.1) is 0 Å². The summed E-state index contributed by atoms with van der Waals surface area (Å²) in [5.41, 5.74) is 14.8. The van der Waals surface area contributed by atoms with E-state index in [-0.39, 0.29) is 5.41 Å². The first-order chi connectivity index (χ1) is 29.0. The number of fused-ring (bicyclic) bond motifs is 9. The second-order valence-corrected chi connectivity index (χ2v) is 16.1. The molecule has 3 aromatic heterocycles. The van der Waals surface area contributed by atoms with Crippen molar-refractivity contribution in [1.82, 2.24) is 24.1 Å². The van der Waals surface area contributed by atoms with Gasteiger partial charge in [0.1, 0.15) is 0 Å². The highest BCUT2D eigenvalue weighted by Crippen LogP contribution is 2.52. The lowest BCUT2D eigenvalue weighted by molar-refractivity contribution is 0.660. The molecule has 0 unspecified atom stereocenters. The van der Waals surface area contributed by atoms with Crippen LogP contribution in [0, 0.1) is 0 Å². The van der Waals surface area contributed by atoms with Crippen LogP contribution < -0.4 is 0 Å². The smallest absolute Gasteiger partial charge is 0.238 e. The average molecular weight is 756 g/mol. The third-order valence-electron chi connectivity index (χ3n) is 12.4. The van der Waals surface area contributed by atoms with E-state index in [4.69, 9.17) is 15.0 Å². The van der Waals surface area contributed by atoms with Crippen LogP contribution in [-0.4, -0.2) is 24.1 Å². The zero-order chi connectivity index (χ0) is 39.2. The van der Waals surface area contributed by atoms with Crippen LogP contribution in [0.5, 0.6) is 0 Å². The quantitative estimate of drug-likeness (QED) is 0.176. The molecule has 12 rings (SSSR count). The summed E-state index contributed by atoms with van der Waals surface area (Å²) in [6, 6.07) is 67.1. The van der Waals surface area contributed by atoms with Crippen LogP contribution in [0.25, 0.3) is 100 Å². The number of para-hydroxylation sites is 3. The van der Waals surface area contributed by atoms with E-state index >= 15 is 0 Å². The summed E-state index contributed by atoms with van der Waals surface area (Å²) in [5.74, 6) is 1.85. The molecule has 0 aliphatic heterocycles. The van der Waals surface area contributed by atoms with Crippen LogP contribution in [0.3, 0.4) is 0 Å². The Morgan fingerprint density at radius 2 is 0.881 bits per heavy atom. The molecular formula is C54H37N5. The first-order valence-electron chi connectivity index (χ1n) is 20.2. The predicted octanol–water partition coefficient (Wildman–Crippen LogP) is 13.4. The maximum atomic E-state index is 5.30. The molecule has 0 spiro atoms. The molecule has 0 amide bonds. The Balaban J connectivity index is 1.07. The molecule has 0 radical (unpaired) electrons. The number of rotatable bonds is 5. The molecule has 8 aromatic carbocycles. The number of aromatic nitrogens is 5. The fourth-order valence-corrected chi connectivity index (χ4v) is 9.52. The van der Waals surface area contributed by atoms with Crippen LogP contribution in [-0.2, 0) is 5.41 Å². The minimum atomic E-state index is -0.235. The van der Waals surface area contributed by atoms with Crippen LogP contribution >= 0.6 is 0 Å². The zero-order valence-electron chi connectivity index (χ0n) is 32.6. The van der Waals surface area contributed by atoms with Crippen molar-refractivity contribution in [2.45, 2.75) is 19.3 Å². The second-order valence-electron chi connectivity index (χ2n) is 16.1. The van der Waals surface area contributed by atoms with Gasteiger partial charge in [-0.3, -0.25) is 4.57 Å². The van der Waals surface area contributed by atoms with E-state index < -0.39 is 0 Å². The SMILES string of the molecule is CC1(C)c2cc(-n3c4ccccc4c4ccccc43)ccc2-c2cc3c(cc21)c1ccccc1n3-c1nc(-c2ccccc2)nc(-c2cccc(-c3ccccc3)c2)n1. The lowest BCUT2D eigenvalue weighted by Gasteiger charge is -2.22. The lowest BCUT2D eigenvalue weighted by Crippen LogP contribution is -2.15. The Labute approximate surface area is 341 Å². The number of benzene rings is 8. The Hall–Kier alpha value is -7.63. The molecule has 278 valence electrons. The normalized spacial score (nSPS) is 13.1. The van der Waals surface area contributed by atoms with Gasteiger partial charge in [0.15, 0.2) is 11.6 Å². The molecule has 5 heteroatoms. The van der Waals surface area contributed by atoms with Crippen LogP contribution in [0.1, 0.15) is 25.0 Å². The maximum Gasteiger partial charge on any atom is 0.238 e. The van der Waals surface area contributed by atoms with Gasteiger partial charge in [0.25, 0.3) is 0 Å². The highest BCUT2D eigenvalue weighted by Gasteiger charge is 2.37. The van der Waals surface area contributed by atoms with Crippen molar-refractivity contribution in [2.24, 2.45) is 0 Å². The van der Waals surface area contributed by atoms with E-state index in [9.17, 15) is 0 Å². The van der Waals surface area contributed by atoms with Gasteiger partial charge >= 0.3 is 0 Å². The summed E-state index contributed by atoms with van der Waals surface area (Å²) < 4.78 is 4.65. The lowest BCUT2D eigenvalue weighted by atomic mass is 9.82. The topological polar surface area (TPSA) is 48.5 Å². The van der Waals surface area contributed by atoms with Crippen LogP contribution in [0.15, 0.2) is 188 Å². The van der Waals surface area contributed by atoms with Crippen molar-refractivity contribution < 1.29 is 0 Å². The summed E-state index contributed by atoms with van der Waals surface area (Å²) in [5, 5.41) is 4.87. The summed E-state index contributed by atoms with van der Waals surface area (Å²) in [6.07, 6.45) is 0. The van der Waals surface area contributed by atoms with Gasteiger partial charge in [-0.05, 0) is 81.9 Å². The molecule has 0 saturated heterocycles. The second kappa shape index (κ2) is 12.7. The Morgan fingerprint density at radius 1 is 0.356 bits per heavy atom. The predicted molar refractivity (Wildman–Crippen MR) is 242 cm³/mol. The van der Waals surface area contributed by atoms with E-state index in [2.05, 4.69) is 187 Å². The van der Waals surface area contributed by atoms with Crippen molar-refractivity contribution in [2.75, 3.05) is 0 Å². The molecule has 0 saturated carbocycles. The Kier molecular flexibility index (Phi) is 7.20. The zero-order valence-corrected chi connectivity index (χ0v) is 32.6. The molecule has 0 N–H and O–H groups in total. The van der Waals surface area contributed by atoms with E-state index in [0.29, 0.717) is 17.6 Å². The summed E-state index contributed by atoms with van der Waals surface area (Å²) >= 11 is 0. The first kappa shape index (κ1) is 33.5. The fraction of sp³-hybridized carbons (Fsp3) is 0.0556. The number of nitrogens with zero attached hydrogens (tertiary/aromatic N) is 5. The van der Waals surface area contributed by atoms with Crippen molar-refractivity contribution in [3.8, 4) is 56.7 Å². The molecular weight excluding hydrogens is 719 g/mol. The van der Waals surface area contributed by atoms with E-state index in [1.54, 1.807) is 0 Å². The monoisotopic (exact) mass is 755 g/mol. The standard InChI is InChI=1S/C54H37N5/c1-54(2)45-31-38(58-47-25-12-9-22-40(47)41-23-10-13-26-48(41)58)28-29-39(45)43-33-50-44(32-46(43)54)42-24-11-14-27-49(42)59(50)53-56-51(35-18-7-4-8-19-35)55-52(57-53)37-21-15-20-36(30-37)34-16-5-3-6-17-34/h3-33H,1-2H3. The van der Waals surface area contributed by atoms with Gasteiger partial charge in [-0.25, -0.2) is 4.98 Å². The van der Waals surface area contributed by atoms with Gasteiger partial charge < -0.3 is 4.57 Å². The molecule has 1 aliphatic rings. The third kappa shape index (κ3) is 5.08. The molecule has 0 atom stereocenters. The van der Waals surface area contributed by atoms with Gasteiger partial charge in [-0.2, -0.15) is 9.97 Å². The Bertz CT molecular complexity index is 3410. The minimum Gasteiger partial charge on any atom is -0.309 e. The largest absolute Gasteiger partial charge is 0.309 e. The average Bonchev–Trinajstić information content (AvgIpc) is 3.88. The first-order valence-corrected chi connectivity index (χ1v) is 20.2. The molecule has 0 bridgehead atoms. The Morgan fingerprint density at radius 3 is 1.56 bits per heavy atom. The van der Waals surface area contributed by atoms with Gasteiger partial charge in [0, 0.05) is 43.8 Å². The molecule has 59 heavy (non-hydrogen) atoms. The number of hydrogen-bond acceptors (Lipinski definition) is 3. The van der Waals surface area contributed by atoms with Crippen molar-refractivity contribution in [1.29, 1.82) is 0 Å². The van der Waals surface area contributed by atoms with Gasteiger partial charge in [0.2, 0.25) is 5.95 Å². The molecule has 3 heterocycles. The molecule has 11 aromatic rings. The maximum absolute atomic E-state index is 5.30. The van der Waals surface area contributed by atoms with E-state index in [1.807, 2.05) is 24.3 Å². The highest BCUT2D eigenvalue weighted by atomic mass is 15.2. The van der Waals surface area contributed by atoms with Gasteiger partial charge in [0.05, 0.1) is 22.1 Å². The summed E-state index contributed by atoms with van der Waals surface area (Å²) in [4.78, 5) is 15.7. The fourth-order valence-electron chi connectivity index (χ4n) is 9.52. The highest BCUT2D eigenvalue weighted by molar-refractivity contribution is 6.12. The molecule has 1 aliphatic carbocycles. The summed E-state index contributed by atoms with van der Waals surface area (Å²) in [6.45, 7) is 4.73. The summed E-state index contributed by atoms with van der Waals surface area (Å²) in [7, 11) is 0. The third-order valence-corrected chi connectivity index (χ3v) is 12.4. The van der Waals surface area contributed by atoms with Crippen molar-refractivity contribution in [3.05, 3.63) is 199 Å². The van der Waals surface area contributed by atoms with Crippen molar-refractivity contribution >= 4 is 43.6 Å². The van der Waals surface area contributed by atoms with Crippen LogP contribution in [0.4, 0.5) is 0 Å². The van der Waals surface area contributed by atoms with Gasteiger partial charge in [-0.1, -0.05) is 153 Å². The van der Waals surface area contributed by atoms with Crippen LogP contribution in [0.2, 0.25) is 0 Å². The molecule has 0 fully saturated rings. The van der Waals surface area contributed by atoms with Crippen molar-refractivity contribution in [3.63, 3.8) is 0 Å². The van der Waals surface area contributed by atoms with E-state index in [1.165, 1.54) is 55.1 Å². The number of hydrogen-bond donors (Lipinski definition) is 0. The molecule has 5 nitrogen and oxygen atoms in total. The minimum absolute atomic E-state index is 0.235. The van der Waals surface area contributed by atoms with E-state index in [0.717, 1.165) is 38.7 Å².